The van der Waals surface area contributed by atoms with Crippen LogP contribution in [0.25, 0.3) is 0 Å². The third kappa shape index (κ3) is 10.2. The molecule has 0 aromatic carbocycles. The second-order valence-electron chi connectivity index (χ2n) is 5.83. The molecule has 1 aromatic heterocycles. The van der Waals surface area contributed by atoms with Crippen LogP contribution in [0.15, 0.2) is 30.6 Å². The summed E-state index contributed by atoms with van der Waals surface area (Å²) in [6, 6.07) is 5.53. The average Bonchev–Trinajstić information content (AvgIpc) is 2.53. The summed E-state index contributed by atoms with van der Waals surface area (Å²) in [5.74, 6) is 0. The van der Waals surface area contributed by atoms with Gasteiger partial charge in [-0.2, -0.15) is 0 Å². The topological polar surface area (TPSA) is 45.0 Å². The molecule has 1 aromatic rings. The Hall–Kier alpha value is -1.58. The number of carbonyl (C=O) groups excluding carboxylic acids is 1. The fourth-order valence-electron chi connectivity index (χ4n) is 2.44. The molecule has 0 fully saturated rings. The van der Waals surface area contributed by atoms with Crippen LogP contribution < -0.4 is 15.4 Å². The Morgan fingerprint density at radius 2 is 1.36 bits per heavy atom. The van der Waals surface area contributed by atoms with E-state index in [9.17, 15) is 4.79 Å². The van der Waals surface area contributed by atoms with E-state index in [2.05, 4.69) is 17.7 Å². The number of unbranched alkanes of at least 4 members (excludes halogenated alkanes) is 9. The van der Waals surface area contributed by atoms with Gasteiger partial charge in [-0.25, -0.2) is 4.79 Å². The zero-order valence-corrected chi connectivity index (χ0v) is 14.0. The quantitative estimate of drug-likeness (QED) is 0.442. The first-order chi connectivity index (χ1) is 10.8. The van der Waals surface area contributed by atoms with E-state index in [4.69, 9.17) is 0 Å². The minimum absolute atomic E-state index is 0.146. The number of aromatic nitrogens is 1. The zero-order chi connectivity index (χ0) is 15.9. The van der Waals surface area contributed by atoms with Crippen LogP contribution >= 0.6 is 0 Å². The number of hydrogen-bond acceptors (Lipinski definition) is 1. The molecule has 1 rings (SSSR count). The lowest BCUT2D eigenvalue weighted by Crippen LogP contribution is -2.51. The lowest BCUT2D eigenvalue weighted by atomic mass is 10.1. The van der Waals surface area contributed by atoms with Crippen LogP contribution in [0.3, 0.4) is 0 Å². The van der Waals surface area contributed by atoms with Crippen LogP contribution in [0.5, 0.6) is 0 Å². The maximum atomic E-state index is 11.6. The van der Waals surface area contributed by atoms with Crippen molar-refractivity contribution in [1.29, 1.82) is 0 Å². The van der Waals surface area contributed by atoms with Crippen molar-refractivity contribution < 1.29 is 9.47 Å². The molecule has 1 heterocycles. The Bertz CT molecular complexity index is 381. The number of nitrogens with zero attached hydrogens (tertiary/aromatic N) is 1. The number of urea groups is 1. The van der Waals surface area contributed by atoms with Gasteiger partial charge in [0.25, 0.3) is 0 Å². The highest BCUT2D eigenvalue weighted by Gasteiger charge is 2.04. The minimum atomic E-state index is -0.146. The van der Waals surface area contributed by atoms with Gasteiger partial charge in [-0.05, 0) is 6.42 Å². The van der Waals surface area contributed by atoms with Crippen LogP contribution in [0.4, 0.5) is 4.79 Å². The number of amides is 2. The summed E-state index contributed by atoms with van der Waals surface area (Å²) in [5.41, 5.74) is 2.74. The fourth-order valence-corrected chi connectivity index (χ4v) is 2.44. The van der Waals surface area contributed by atoms with Crippen molar-refractivity contribution in [2.24, 2.45) is 0 Å². The first-order valence-electron chi connectivity index (χ1n) is 8.84. The number of carbonyl (C=O) groups is 1. The predicted octanol–water partition coefficient (Wildman–Crippen LogP) is 4.15. The van der Waals surface area contributed by atoms with Crippen molar-refractivity contribution in [3.8, 4) is 0 Å². The molecular weight excluding hydrogens is 274 g/mol. The van der Waals surface area contributed by atoms with Crippen LogP contribution in [0.1, 0.15) is 71.1 Å². The SMILES string of the molecule is CCCCCCCCCCCCNC(=O)N[n+]1ccccc1. The van der Waals surface area contributed by atoms with Gasteiger partial charge in [-0.15, -0.1) is 5.43 Å². The van der Waals surface area contributed by atoms with Crippen LogP contribution in [0.2, 0.25) is 0 Å². The highest BCUT2D eigenvalue weighted by Crippen LogP contribution is 2.10. The van der Waals surface area contributed by atoms with E-state index >= 15 is 0 Å². The Morgan fingerprint density at radius 1 is 0.818 bits per heavy atom. The van der Waals surface area contributed by atoms with Gasteiger partial charge >= 0.3 is 6.03 Å². The molecule has 4 nitrogen and oxygen atoms in total. The highest BCUT2D eigenvalue weighted by molar-refractivity contribution is 5.79. The number of rotatable bonds is 12. The summed E-state index contributed by atoms with van der Waals surface area (Å²) >= 11 is 0. The van der Waals surface area contributed by atoms with Gasteiger partial charge in [0.15, 0.2) is 12.4 Å². The van der Waals surface area contributed by atoms with E-state index in [1.807, 2.05) is 18.2 Å². The summed E-state index contributed by atoms with van der Waals surface area (Å²) in [6.07, 6.45) is 16.7. The molecule has 0 bridgehead atoms. The maximum Gasteiger partial charge on any atom is 0.368 e. The third-order valence-corrected chi connectivity index (χ3v) is 3.76. The minimum Gasteiger partial charge on any atom is -0.334 e. The fraction of sp³-hybridized carbons (Fsp3) is 0.667. The number of nitrogens with one attached hydrogen (secondary N) is 2. The van der Waals surface area contributed by atoms with Crippen LogP contribution in [0, 0.1) is 0 Å². The van der Waals surface area contributed by atoms with E-state index in [1.54, 1.807) is 17.1 Å². The maximum absolute atomic E-state index is 11.6. The molecule has 2 amide bonds. The molecular formula is C18H32N3O+. The normalized spacial score (nSPS) is 10.4. The van der Waals surface area contributed by atoms with Crippen molar-refractivity contribution in [3.05, 3.63) is 30.6 Å². The second kappa shape index (κ2) is 13.1. The molecule has 0 spiro atoms. The lowest BCUT2D eigenvalue weighted by Gasteiger charge is -2.04. The molecule has 124 valence electrons. The van der Waals surface area contributed by atoms with Crippen molar-refractivity contribution in [2.75, 3.05) is 12.0 Å². The Labute approximate surface area is 135 Å². The largest absolute Gasteiger partial charge is 0.368 e. The summed E-state index contributed by atoms with van der Waals surface area (Å²) in [7, 11) is 0. The molecule has 0 aliphatic heterocycles. The molecule has 0 radical (unpaired) electrons. The van der Waals surface area contributed by atoms with Gasteiger partial charge in [-0.3, -0.25) is 0 Å². The van der Waals surface area contributed by atoms with Gasteiger partial charge in [0.2, 0.25) is 0 Å². The number of hydrogen-bond donors (Lipinski definition) is 2. The summed E-state index contributed by atoms with van der Waals surface area (Å²) in [6.45, 7) is 3.00. The molecule has 2 N–H and O–H groups in total. The van der Waals surface area contributed by atoms with Gasteiger partial charge in [0, 0.05) is 18.7 Å². The summed E-state index contributed by atoms with van der Waals surface area (Å²) < 4.78 is 1.65. The molecule has 0 saturated carbocycles. The Morgan fingerprint density at radius 3 is 1.95 bits per heavy atom. The molecule has 0 aliphatic rings. The Balaban J connectivity index is 1.86. The smallest absolute Gasteiger partial charge is 0.334 e. The van der Waals surface area contributed by atoms with Crippen molar-refractivity contribution in [1.82, 2.24) is 5.32 Å². The number of pyridine rings is 1. The second-order valence-corrected chi connectivity index (χ2v) is 5.83. The van der Waals surface area contributed by atoms with E-state index in [0.29, 0.717) is 0 Å². The van der Waals surface area contributed by atoms with E-state index in [-0.39, 0.29) is 6.03 Å². The van der Waals surface area contributed by atoms with Crippen molar-refractivity contribution in [3.63, 3.8) is 0 Å². The average molecular weight is 306 g/mol. The zero-order valence-electron chi connectivity index (χ0n) is 14.0. The standard InChI is InChI=1S/C18H31N3O/c1-2-3-4-5-6-7-8-9-10-12-15-19-18(22)20-21-16-13-11-14-17-21/h11,13-14,16-17H,2-10,12,15H2,1H3,(H-,19,20,22)/p+1. The molecule has 0 atom stereocenters. The van der Waals surface area contributed by atoms with E-state index < -0.39 is 0 Å². The summed E-state index contributed by atoms with van der Waals surface area (Å²) in [5, 5.41) is 2.89. The van der Waals surface area contributed by atoms with Gasteiger partial charge in [0.05, 0.1) is 0 Å². The summed E-state index contributed by atoms with van der Waals surface area (Å²) in [4.78, 5) is 11.6. The first-order valence-corrected chi connectivity index (χ1v) is 8.84. The predicted molar refractivity (Wildman–Crippen MR) is 91.2 cm³/mol. The molecule has 0 saturated heterocycles. The molecule has 0 aliphatic carbocycles. The lowest BCUT2D eigenvalue weighted by molar-refractivity contribution is -0.641. The molecule has 0 unspecified atom stereocenters. The van der Waals surface area contributed by atoms with Gasteiger partial charge in [0.1, 0.15) is 0 Å². The van der Waals surface area contributed by atoms with Crippen molar-refractivity contribution in [2.45, 2.75) is 71.1 Å². The van der Waals surface area contributed by atoms with Gasteiger partial charge < -0.3 is 5.32 Å². The molecule has 22 heavy (non-hydrogen) atoms. The highest BCUT2D eigenvalue weighted by atomic mass is 16.2. The monoisotopic (exact) mass is 306 g/mol. The van der Waals surface area contributed by atoms with Crippen molar-refractivity contribution >= 4 is 6.03 Å². The van der Waals surface area contributed by atoms with E-state index in [1.165, 1.54) is 57.8 Å². The molecule has 4 heteroatoms. The first kappa shape index (κ1) is 18.5. The van der Waals surface area contributed by atoms with Gasteiger partial charge in [-0.1, -0.05) is 75.5 Å². The van der Waals surface area contributed by atoms with E-state index in [0.717, 1.165) is 13.0 Å². The Kier molecular flexibility index (Phi) is 11.0. The van der Waals surface area contributed by atoms with Crippen LogP contribution in [-0.4, -0.2) is 12.6 Å². The van der Waals surface area contributed by atoms with Crippen LogP contribution in [-0.2, 0) is 0 Å². The third-order valence-electron chi connectivity index (χ3n) is 3.76.